The van der Waals surface area contributed by atoms with E-state index in [0.717, 1.165) is 37.7 Å². The SMILES string of the molecule is CCOc1ccc(C(c2ccc3ccccc3c2)N2CCNCC2)cc1OC. The van der Waals surface area contributed by atoms with Gasteiger partial charge in [0, 0.05) is 26.2 Å². The van der Waals surface area contributed by atoms with Crippen molar-refractivity contribution in [1.82, 2.24) is 10.2 Å². The van der Waals surface area contributed by atoms with Crippen LogP contribution in [0.4, 0.5) is 0 Å². The van der Waals surface area contributed by atoms with Crippen LogP contribution < -0.4 is 14.8 Å². The first-order valence-corrected chi connectivity index (χ1v) is 10.0. The number of benzene rings is 3. The quantitative estimate of drug-likeness (QED) is 0.698. The Morgan fingerprint density at radius 2 is 1.61 bits per heavy atom. The van der Waals surface area contributed by atoms with Crippen LogP contribution in [-0.2, 0) is 0 Å². The molecule has 1 saturated heterocycles. The Labute approximate surface area is 167 Å². The maximum atomic E-state index is 5.72. The number of hydrogen-bond donors (Lipinski definition) is 1. The van der Waals surface area contributed by atoms with Gasteiger partial charge in [-0.3, -0.25) is 4.90 Å². The van der Waals surface area contributed by atoms with Gasteiger partial charge in [0.15, 0.2) is 11.5 Å². The Hall–Kier alpha value is -2.56. The van der Waals surface area contributed by atoms with E-state index in [0.29, 0.717) is 6.61 Å². The molecular weight excluding hydrogens is 348 g/mol. The minimum atomic E-state index is 0.191. The number of ether oxygens (including phenoxy) is 2. The highest BCUT2D eigenvalue weighted by molar-refractivity contribution is 5.83. The van der Waals surface area contributed by atoms with Crippen LogP contribution in [0.1, 0.15) is 24.1 Å². The third kappa shape index (κ3) is 3.84. The summed E-state index contributed by atoms with van der Waals surface area (Å²) in [6, 6.07) is 21.9. The van der Waals surface area contributed by atoms with Crippen molar-refractivity contribution in [3.05, 3.63) is 71.8 Å². The molecule has 1 unspecified atom stereocenters. The summed E-state index contributed by atoms with van der Waals surface area (Å²) in [5.74, 6) is 1.59. The Morgan fingerprint density at radius 3 is 2.36 bits per heavy atom. The summed E-state index contributed by atoms with van der Waals surface area (Å²) in [6.45, 7) is 6.68. The maximum absolute atomic E-state index is 5.72. The van der Waals surface area contributed by atoms with Crippen molar-refractivity contribution in [2.45, 2.75) is 13.0 Å². The van der Waals surface area contributed by atoms with Crippen LogP contribution in [0.3, 0.4) is 0 Å². The smallest absolute Gasteiger partial charge is 0.161 e. The zero-order valence-electron chi connectivity index (χ0n) is 16.7. The summed E-state index contributed by atoms with van der Waals surface area (Å²) in [5.41, 5.74) is 2.55. The molecule has 0 saturated carbocycles. The van der Waals surface area contributed by atoms with Crippen molar-refractivity contribution in [1.29, 1.82) is 0 Å². The number of methoxy groups -OCH3 is 1. The first-order valence-electron chi connectivity index (χ1n) is 10.0. The number of fused-ring (bicyclic) bond motifs is 1. The van der Waals surface area contributed by atoms with Crippen LogP contribution >= 0.6 is 0 Å². The highest BCUT2D eigenvalue weighted by Gasteiger charge is 2.25. The van der Waals surface area contributed by atoms with Crippen molar-refractivity contribution in [3.63, 3.8) is 0 Å². The second-order valence-corrected chi connectivity index (χ2v) is 7.14. The molecule has 4 nitrogen and oxygen atoms in total. The van der Waals surface area contributed by atoms with Gasteiger partial charge in [-0.05, 0) is 47.0 Å². The van der Waals surface area contributed by atoms with E-state index >= 15 is 0 Å². The Balaban J connectivity index is 1.78. The molecule has 0 aromatic heterocycles. The lowest BCUT2D eigenvalue weighted by Crippen LogP contribution is -2.45. The van der Waals surface area contributed by atoms with Crippen LogP contribution in [-0.4, -0.2) is 44.8 Å². The van der Waals surface area contributed by atoms with Crippen molar-refractivity contribution < 1.29 is 9.47 Å². The van der Waals surface area contributed by atoms with E-state index in [9.17, 15) is 0 Å². The van der Waals surface area contributed by atoms with E-state index in [2.05, 4.69) is 64.8 Å². The van der Waals surface area contributed by atoms with Crippen LogP contribution in [0.5, 0.6) is 11.5 Å². The Morgan fingerprint density at radius 1 is 0.893 bits per heavy atom. The van der Waals surface area contributed by atoms with E-state index < -0.39 is 0 Å². The van der Waals surface area contributed by atoms with E-state index in [1.807, 2.05) is 13.0 Å². The van der Waals surface area contributed by atoms with Gasteiger partial charge in [-0.1, -0.05) is 42.5 Å². The minimum absolute atomic E-state index is 0.191. The molecule has 0 radical (unpaired) electrons. The van der Waals surface area contributed by atoms with Crippen LogP contribution in [0.15, 0.2) is 60.7 Å². The molecule has 1 N–H and O–H groups in total. The molecule has 0 bridgehead atoms. The number of nitrogens with one attached hydrogen (secondary N) is 1. The normalized spacial score (nSPS) is 16.1. The number of hydrogen-bond acceptors (Lipinski definition) is 4. The zero-order chi connectivity index (χ0) is 19.3. The second kappa shape index (κ2) is 8.63. The van der Waals surface area contributed by atoms with Crippen LogP contribution in [0.25, 0.3) is 10.8 Å². The molecule has 1 heterocycles. The average Bonchev–Trinajstić information content (AvgIpc) is 2.75. The third-order valence-corrected chi connectivity index (χ3v) is 5.41. The molecule has 0 amide bonds. The minimum Gasteiger partial charge on any atom is -0.493 e. The lowest BCUT2D eigenvalue weighted by Gasteiger charge is -2.36. The summed E-state index contributed by atoms with van der Waals surface area (Å²) < 4.78 is 11.3. The summed E-state index contributed by atoms with van der Waals surface area (Å²) in [5, 5.41) is 6.01. The van der Waals surface area contributed by atoms with Gasteiger partial charge in [0.2, 0.25) is 0 Å². The molecule has 146 valence electrons. The van der Waals surface area contributed by atoms with Gasteiger partial charge in [0.05, 0.1) is 19.8 Å². The molecule has 4 rings (SSSR count). The molecule has 3 aromatic rings. The molecule has 4 heteroatoms. The highest BCUT2D eigenvalue weighted by atomic mass is 16.5. The van der Waals surface area contributed by atoms with Crippen molar-refractivity contribution >= 4 is 10.8 Å². The monoisotopic (exact) mass is 376 g/mol. The molecule has 0 aliphatic carbocycles. The molecule has 3 aromatic carbocycles. The van der Waals surface area contributed by atoms with Gasteiger partial charge in [0.25, 0.3) is 0 Å². The topological polar surface area (TPSA) is 33.7 Å². The van der Waals surface area contributed by atoms with Crippen LogP contribution in [0.2, 0.25) is 0 Å². The molecular formula is C24H28N2O2. The lowest BCUT2D eigenvalue weighted by molar-refractivity contribution is 0.198. The second-order valence-electron chi connectivity index (χ2n) is 7.14. The largest absolute Gasteiger partial charge is 0.493 e. The maximum Gasteiger partial charge on any atom is 0.161 e. The fourth-order valence-electron chi connectivity index (χ4n) is 4.06. The van der Waals surface area contributed by atoms with Crippen molar-refractivity contribution in [2.75, 3.05) is 39.9 Å². The standard InChI is InChI=1S/C24H28N2O2/c1-3-28-22-11-10-21(17-23(22)27-2)24(26-14-12-25-13-15-26)20-9-8-18-6-4-5-7-19(18)16-20/h4-11,16-17,24-25H,3,12-15H2,1-2H3. The zero-order valence-corrected chi connectivity index (χ0v) is 16.7. The fraction of sp³-hybridized carbons (Fsp3) is 0.333. The molecule has 1 fully saturated rings. The first-order chi connectivity index (χ1) is 13.8. The predicted octanol–water partition coefficient (Wildman–Crippen LogP) is 4.24. The number of rotatable bonds is 6. The molecule has 28 heavy (non-hydrogen) atoms. The Bertz CT molecular complexity index is 935. The number of piperazine rings is 1. The van der Waals surface area contributed by atoms with Gasteiger partial charge < -0.3 is 14.8 Å². The number of nitrogens with zero attached hydrogens (tertiary/aromatic N) is 1. The summed E-state index contributed by atoms with van der Waals surface area (Å²) in [4.78, 5) is 2.55. The van der Waals surface area contributed by atoms with Gasteiger partial charge in [0.1, 0.15) is 0 Å². The molecule has 1 atom stereocenters. The van der Waals surface area contributed by atoms with E-state index in [4.69, 9.17) is 9.47 Å². The Kier molecular flexibility index (Phi) is 5.79. The van der Waals surface area contributed by atoms with E-state index in [1.54, 1.807) is 7.11 Å². The van der Waals surface area contributed by atoms with Gasteiger partial charge >= 0.3 is 0 Å². The van der Waals surface area contributed by atoms with Crippen LogP contribution in [0, 0.1) is 0 Å². The third-order valence-electron chi connectivity index (χ3n) is 5.41. The first kappa shape index (κ1) is 18.8. The average molecular weight is 377 g/mol. The van der Waals surface area contributed by atoms with E-state index in [1.165, 1.54) is 21.9 Å². The van der Waals surface area contributed by atoms with Gasteiger partial charge in [-0.25, -0.2) is 0 Å². The molecule has 1 aliphatic rings. The van der Waals surface area contributed by atoms with Gasteiger partial charge in [-0.2, -0.15) is 0 Å². The lowest BCUT2D eigenvalue weighted by atomic mass is 9.94. The highest BCUT2D eigenvalue weighted by Crippen LogP contribution is 2.36. The van der Waals surface area contributed by atoms with Crippen molar-refractivity contribution in [2.24, 2.45) is 0 Å². The molecule has 1 aliphatic heterocycles. The molecule has 0 spiro atoms. The fourth-order valence-corrected chi connectivity index (χ4v) is 4.06. The summed E-state index contributed by atoms with van der Waals surface area (Å²) >= 11 is 0. The van der Waals surface area contributed by atoms with E-state index in [-0.39, 0.29) is 6.04 Å². The van der Waals surface area contributed by atoms with Crippen molar-refractivity contribution in [3.8, 4) is 11.5 Å². The predicted molar refractivity (Wildman–Crippen MR) is 114 cm³/mol. The van der Waals surface area contributed by atoms with Gasteiger partial charge in [-0.15, -0.1) is 0 Å². The summed E-state index contributed by atoms with van der Waals surface area (Å²) in [6.07, 6.45) is 0. The summed E-state index contributed by atoms with van der Waals surface area (Å²) in [7, 11) is 1.71.